The molecule has 35 heteroatoms. The molecule has 0 aliphatic carbocycles. The second-order valence-corrected chi connectivity index (χ2v) is 42.0. The molecule has 134 heavy (non-hydrogen) atoms. The predicted molar refractivity (Wildman–Crippen MR) is 546 cm³/mol. The average molecular weight is 2020 g/mol. The Balaban J connectivity index is 4.83. The molecule has 29 nitrogen and oxygen atoms in total. The third-order valence-corrected chi connectivity index (χ3v) is 29.6. The van der Waals surface area contributed by atoms with Gasteiger partial charge in [-0.25, -0.2) is 0 Å². The first-order chi connectivity index (χ1) is 64.6. The number of ether oxygens (including phenoxy) is 12. The lowest BCUT2D eigenvalue weighted by atomic mass is 10.1. The summed E-state index contributed by atoms with van der Waals surface area (Å²) in [4.78, 5) is 163. The summed E-state index contributed by atoms with van der Waals surface area (Å²) in [5.41, 5.74) is 0. The van der Waals surface area contributed by atoms with Crippen molar-refractivity contribution in [2.45, 2.75) is 275 Å². The lowest BCUT2D eigenvalue weighted by Gasteiger charge is -2.22. The summed E-state index contributed by atoms with van der Waals surface area (Å²) in [6, 6.07) is 0. The molecule has 0 heterocycles. The number of carbonyl (C=O) groups is 12. The van der Waals surface area contributed by atoms with Crippen molar-refractivity contribution in [3.8, 4) is 0 Å². The highest BCUT2D eigenvalue weighted by atomic mass is 32.2. The van der Waals surface area contributed by atoms with E-state index < -0.39 is 59.6 Å². The number of hydrogen-bond acceptors (Lipinski definition) is 35. The normalized spacial score (nSPS) is 12.9. The minimum Gasteiger partial charge on any atom is -0.462 e. The lowest BCUT2D eigenvalue weighted by molar-refractivity contribution is -0.154. The minimum absolute atomic E-state index is 0.0275. The van der Waals surface area contributed by atoms with Crippen LogP contribution in [0.5, 0.6) is 0 Å². The molecule has 0 radical (unpaired) electrons. The zero-order chi connectivity index (χ0) is 99.1. The number of carbonyl (C=O) groups excluding carboxylic acids is 12. The first-order valence-corrected chi connectivity index (χ1v) is 57.5. The van der Waals surface area contributed by atoms with Crippen LogP contribution in [-0.2, 0) is 114 Å². The van der Waals surface area contributed by atoms with Crippen LogP contribution in [0.4, 0.5) is 0 Å². The van der Waals surface area contributed by atoms with Crippen molar-refractivity contribution in [3.05, 3.63) is 0 Å². The van der Waals surface area contributed by atoms with Crippen LogP contribution in [0, 0.1) is 35.5 Å². The Morgan fingerprint density at radius 2 is 0.358 bits per heavy atom. The quantitative estimate of drug-likeness (QED) is 0.0310. The van der Waals surface area contributed by atoms with Crippen LogP contribution in [0.3, 0.4) is 0 Å². The molecule has 0 aromatic rings. The SMILES string of the molecule is CCCCCCCCSCC(C)C(=O)OCCOC(=O)CCN(CCSCC(C)C(=O)OCCOC(=O)CCN(C)CCCN(C)CCCN(C)CCC(=O)OCCOC(=O)C(C)CSCCN(CCC(=O)OCCOC(=O)C(C)CSCCCCCCCC)CCC(=O)OCCOC(=O)C(C)CSCCCCCCCC)CCC(=O)OCCOC(=O)C(C)CSCCCCCCCC. The zero-order valence-corrected chi connectivity index (χ0v) is 89.9. The van der Waals surface area contributed by atoms with Crippen LogP contribution >= 0.6 is 70.6 Å². The number of unbranched alkanes of at least 4 members (excludes halogenated alkanes) is 20. The molecule has 0 N–H and O–H groups in total. The summed E-state index contributed by atoms with van der Waals surface area (Å²) in [6.07, 6.45) is 31.5. The zero-order valence-electron chi connectivity index (χ0n) is 85.0. The third-order valence-electron chi connectivity index (χ3n) is 21.9. The summed E-state index contributed by atoms with van der Waals surface area (Å²) in [7, 11) is 5.96. The van der Waals surface area contributed by atoms with Gasteiger partial charge < -0.3 is 81.3 Å². The monoisotopic (exact) mass is 2020 g/mol. The van der Waals surface area contributed by atoms with Gasteiger partial charge in [0.2, 0.25) is 0 Å². The summed E-state index contributed by atoms with van der Waals surface area (Å²) < 4.78 is 64.9. The highest BCUT2D eigenvalue weighted by Gasteiger charge is 2.24. The smallest absolute Gasteiger partial charge is 0.309 e. The molecular weight excluding hydrogens is 1840 g/mol. The maximum atomic E-state index is 13.0. The second-order valence-electron chi connectivity index (χ2n) is 35.1. The van der Waals surface area contributed by atoms with Gasteiger partial charge in [0.05, 0.1) is 74.0 Å². The Hall–Kier alpha value is -4.46. The Morgan fingerprint density at radius 1 is 0.194 bits per heavy atom. The first kappa shape index (κ1) is 130. The van der Waals surface area contributed by atoms with Gasteiger partial charge in [-0.2, -0.15) is 70.6 Å². The molecule has 6 atom stereocenters. The molecule has 0 amide bonds. The lowest BCUT2D eigenvalue weighted by Crippen LogP contribution is -2.32. The molecule has 0 saturated carbocycles. The summed E-state index contributed by atoms with van der Waals surface area (Å²) in [6.45, 7) is 25.3. The fourth-order valence-electron chi connectivity index (χ4n) is 13.2. The topological polar surface area (TPSA) is 332 Å². The van der Waals surface area contributed by atoms with E-state index in [2.05, 4.69) is 49.4 Å². The van der Waals surface area contributed by atoms with Crippen LogP contribution in [0.2, 0.25) is 0 Å². The van der Waals surface area contributed by atoms with Crippen molar-refractivity contribution in [2.75, 3.05) is 248 Å². The van der Waals surface area contributed by atoms with Crippen LogP contribution in [-0.4, -0.2) is 344 Å². The van der Waals surface area contributed by atoms with E-state index in [1.807, 2.05) is 51.6 Å². The van der Waals surface area contributed by atoms with E-state index >= 15 is 0 Å². The van der Waals surface area contributed by atoms with Crippen molar-refractivity contribution in [1.29, 1.82) is 0 Å². The van der Waals surface area contributed by atoms with Crippen LogP contribution in [0.15, 0.2) is 0 Å². The Morgan fingerprint density at radius 3 is 0.560 bits per heavy atom. The maximum absolute atomic E-state index is 13.0. The molecule has 0 spiro atoms. The second kappa shape index (κ2) is 92.3. The van der Waals surface area contributed by atoms with Gasteiger partial charge in [0, 0.05) is 98.4 Å². The van der Waals surface area contributed by atoms with E-state index in [4.69, 9.17) is 56.8 Å². The molecule has 0 aromatic carbocycles. The van der Waals surface area contributed by atoms with Gasteiger partial charge in [-0.15, -0.1) is 0 Å². The molecule has 0 fully saturated rings. The van der Waals surface area contributed by atoms with Gasteiger partial charge in [-0.1, -0.05) is 198 Å². The number of rotatable bonds is 96. The van der Waals surface area contributed by atoms with E-state index in [9.17, 15) is 57.5 Å². The van der Waals surface area contributed by atoms with Crippen LogP contribution < -0.4 is 0 Å². The molecule has 0 aliphatic heterocycles. The standard InChI is InChI=1S/C99H181N5O24S6/c1-14-18-22-26-30-34-70-129-76-82(5)94(111)123-66-60-119-90(107)42-52-103(53-43-91(108)120-61-67-124-95(112)83(6)77-130-71-35-31-27-23-19-15-2)56-74-133-80-86(9)98(115)127-64-58-117-88(105)40-50-101(12)48-38-46-100(11)47-39-49-102(13)51-41-89(106)118-59-65-128-99(116)87(10)81-134-75-57-104(54-44-92(109)121-62-68-125-96(113)84(7)78-131-72-36-32-28-24-20-16-3)55-45-93(110)122-63-69-126-97(114)85(8)79-132-73-37-33-29-25-21-17-4/h82-87H,14-81H2,1-13H3. The molecule has 782 valence electrons. The Labute approximate surface area is 833 Å². The average Bonchev–Trinajstić information content (AvgIpc) is 0.947. The molecule has 6 unspecified atom stereocenters. The van der Waals surface area contributed by atoms with Crippen LogP contribution in [0.25, 0.3) is 0 Å². The Kier molecular flexibility index (Phi) is 89.2. The molecular formula is C99H181N5O24S6. The molecule has 0 aromatic heterocycles. The Bertz CT molecular complexity index is 2690. The van der Waals surface area contributed by atoms with E-state index in [1.165, 1.54) is 152 Å². The van der Waals surface area contributed by atoms with Gasteiger partial charge in [0.1, 0.15) is 79.3 Å². The van der Waals surface area contributed by atoms with E-state index in [-0.39, 0.29) is 192 Å². The number of thioether (sulfide) groups is 6. The number of hydrogen-bond donors (Lipinski definition) is 0. The first-order valence-electron chi connectivity index (χ1n) is 50.6. The maximum Gasteiger partial charge on any atom is 0.309 e. The largest absolute Gasteiger partial charge is 0.462 e. The third kappa shape index (κ3) is 82.3. The van der Waals surface area contributed by atoms with Gasteiger partial charge in [-0.05, 0) is 109 Å². The summed E-state index contributed by atoms with van der Waals surface area (Å²) in [5.74, 6) is 1.89. The number of esters is 12. The summed E-state index contributed by atoms with van der Waals surface area (Å²) >= 11 is 10.0. The molecule has 0 rings (SSSR count). The van der Waals surface area contributed by atoms with Gasteiger partial charge in [-0.3, -0.25) is 57.5 Å². The highest BCUT2D eigenvalue weighted by Crippen LogP contribution is 2.21. The van der Waals surface area contributed by atoms with Crippen molar-refractivity contribution in [3.63, 3.8) is 0 Å². The molecule has 0 saturated heterocycles. The van der Waals surface area contributed by atoms with Gasteiger partial charge in [0.25, 0.3) is 0 Å². The number of nitrogens with zero attached hydrogens (tertiary/aromatic N) is 5. The highest BCUT2D eigenvalue weighted by molar-refractivity contribution is 8.00. The fraction of sp³-hybridized carbons (Fsp3) is 0.879. The van der Waals surface area contributed by atoms with Gasteiger partial charge in [0.15, 0.2) is 0 Å². The summed E-state index contributed by atoms with van der Waals surface area (Å²) in [5, 5.41) is 0. The fourth-order valence-corrected chi connectivity index (χ4v) is 19.5. The van der Waals surface area contributed by atoms with Crippen molar-refractivity contribution >= 4 is 142 Å². The van der Waals surface area contributed by atoms with E-state index in [0.717, 1.165) is 87.7 Å². The van der Waals surface area contributed by atoms with Crippen LogP contribution in [0.1, 0.15) is 275 Å². The van der Waals surface area contributed by atoms with Crippen molar-refractivity contribution < 1.29 is 114 Å². The minimum atomic E-state index is -0.473. The van der Waals surface area contributed by atoms with E-state index in [0.29, 0.717) is 72.2 Å². The molecule has 0 bridgehead atoms. The molecule has 0 aliphatic rings. The van der Waals surface area contributed by atoms with E-state index in [1.54, 1.807) is 60.9 Å². The van der Waals surface area contributed by atoms with Crippen molar-refractivity contribution in [2.24, 2.45) is 35.5 Å². The van der Waals surface area contributed by atoms with Crippen molar-refractivity contribution in [1.82, 2.24) is 24.5 Å². The predicted octanol–water partition coefficient (Wildman–Crippen LogP) is 16.7. The van der Waals surface area contributed by atoms with Gasteiger partial charge >= 0.3 is 71.6 Å².